The maximum Gasteiger partial charge on any atom is 0.178 e. The molecule has 2 heterocycles. The molecule has 0 radical (unpaired) electrons. The van der Waals surface area contributed by atoms with Gasteiger partial charge in [-0.25, -0.2) is 0 Å². The average Bonchev–Trinajstić information content (AvgIpc) is 2.93. The highest BCUT2D eigenvalue weighted by Gasteiger charge is 2.53. The largest absolute Gasteiger partial charge is 0.508 e. The summed E-state index contributed by atoms with van der Waals surface area (Å²) in [5, 5.41) is 40.7. The minimum atomic E-state index is -1.18. The molecule has 4 atom stereocenters. The van der Waals surface area contributed by atoms with Crippen molar-refractivity contribution >= 4 is 11.6 Å². The van der Waals surface area contributed by atoms with E-state index >= 15 is 0 Å². The molecular weight excluding hydrogens is 516 g/mol. The minimum Gasteiger partial charge on any atom is -0.508 e. The van der Waals surface area contributed by atoms with Crippen molar-refractivity contribution in [2.24, 2.45) is 11.8 Å². The van der Waals surface area contributed by atoms with Gasteiger partial charge in [0.25, 0.3) is 0 Å². The monoisotopic (exact) mass is 540 g/mol. The zero-order valence-corrected chi connectivity index (χ0v) is 21.1. The second kappa shape index (κ2) is 9.53. The summed E-state index contributed by atoms with van der Waals surface area (Å²) in [4.78, 5) is 28.5. The second-order valence-corrected chi connectivity index (χ2v) is 9.74. The van der Waals surface area contributed by atoms with Crippen molar-refractivity contribution in [2.75, 3.05) is 7.11 Å². The first-order valence-electron chi connectivity index (χ1n) is 12.5. The van der Waals surface area contributed by atoms with Crippen molar-refractivity contribution in [1.29, 1.82) is 0 Å². The van der Waals surface area contributed by atoms with Gasteiger partial charge in [0, 0.05) is 18.2 Å². The molecule has 0 aromatic heterocycles. The van der Waals surface area contributed by atoms with Crippen LogP contribution in [0.3, 0.4) is 0 Å². The number of hydrogen-bond donors (Lipinski definition) is 4. The van der Waals surface area contributed by atoms with E-state index in [1.165, 1.54) is 61.7 Å². The Hall–Kier alpha value is -5.18. The molecule has 40 heavy (non-hydrogen) atoms. The van der Waals surface area contributed by atoms with Crippen molar-refractivity contribution in [3.05, 3.63) is 101 Å². The first-order valence-corrected chi connectivity index (χ1v) is 12.5. The normalized spacial score (nSPS) is 21.5. The number of Topliss-reactive ketones (excluding diaryl/α,β-unsaturated/α-hetero) is 2. The van der Waals surface area contributed by atoms with Crippen molar-refractivity contribution in [2.45, 2.75) is 12.2 Å². The SMILES string of the molecule is COc1cc(O)c2c(c1)O[C@@H](c1ccc(O)cc1)[C@H]([C@@H]1C(=O)c3ccc(O)cc3O[C@H]1c1ccc(O)cc1)C2=O. The number of ether oxygens (including phenoxy) is 3. The molecule has 0 saturated carbocycles. The molecule has 0 unspecified atom stereocenters. The van der Waals surface area contributed by atoms with Gasteiger partial charge in [-0.3, -0.25) is 9.59 Å². The number of fused-ring (bicyclic) bond motifs is 2. The number of aromatic hydroxyl groups is 4. The molecule has 6 rings (SSSR count). The maximum atomic E-state index is 14.3. The van der Waals surface area contributed by atoms with E-state index in [1.54, 1.807) is 24.3 Å². The highest BCUT2D eigenvalue weighted by molar-refractivity contribution is 6.10. The smallest absolute Gasteiger partial charge is 0.178 e. The van der Waals surface area contributed by atoms with E-state index in [0.717, 1.165) is 0 Å². The summed E-state index contributed by atoms with van der Waals surface area (Å²) in [5.74, 6) is -3.18. The first-order chi connectivity index (χ1) is 19.2. The van der Waals surface area contributed by atoms with Crippen molar-refractivity contribution < 1.29 is 44.2 Å². The van der Waals surface area contributed by atoms with Crippen molar-refractivity contribution in [1.82, 2.24) is 0 Å². The van der Waals surface area contributed by atoms with Gasteiger partial charge in [-0.2, -0.15) is 0 Å². The van der Waals surface area contributed by atoms with Gasteiger partial charge < -0.3 is 34.6 Å². The van der Waals surface area contributed by atoms with Gasteiger partial charge in [-0.05, 0) is 47.5 Å². The van der Waals surface area contributed by atoms with Crippen LogP contribution in [0.2, 0.25) is 0 Å². The van der Waals surface area contributed by atoms with E-state index in [-0.39, 0.29) is 51.4 Å². The Labute approximate surface area is 228 Å². The van der Waals surface area contributed by atoms with Crippen molar-refractivity contribution in [3.63, 3.8) is 0 Å². The van der Waals surface area contributed by atoms with Crippen LogP contribution in [-0.2, 0) is 0 Å². The molecule has 202 valence electrons. The molecule has 4 N–H and O–H groups in total. The van der Waals surface area contributed by atoms with Gasteiger partial charge in [0.15, 0.2) is 11.6 Å². The third-order valence-electron chi connectivity index (χ3n) is 7.36. The number of hydrogen-bond acceptors (Lipinski definition) is 9. The number of phenolic OH excluding ortho intramolecular Hbond substituents is 4. The molecule has 0 aliphatic carbocycles. The number of carbonyl (C=O) groups excluding carboxylic acids is 2. The summed E-state index contributed by atoms with van der Waals surface area (Å²) < 4.78 is 17.9. The lowest BCUT2D eigenvalue weighted by atomic mass is 9.69. The van der Waals surface area contributed by atoms with Crippen LogP contribution in [0.5, 0.6) is 40.2 Å². The fourth-order valence-electron chi connectivity index (χ4n) is 5.47. The van der Waals surface area contributed by atoms with Gasteiger partial charge in [0.2, 0.25) is 0 Å². The fraction of sp³-hybridized carbons (Fsp3) is 0.161. The van der Waals surface area contributed by atoms with E-state index in [0.29, 0.717) is 11.1 Å². The Kier molecular flexibility index (Phi) is 5.99. The van der Waals surface area contributed by atoms with E-state index in [2.05, 4.69) is 0 Å². The lowest BCUT2D eigenvalue weighted by Crippen LogP contribution is -2.45. The zero-order valence-electron chi connectivity index (χ0n) is 21.1. The van der Waals surface area contributed by atoms with Crippen LogP contribution in [0.1, 0.15) is 44.1 Å². The molecule has 0 saturated heterocycles. The van der Waals surface area contributed by atoms with Gasteiger partial charge in [-0.15, -0.1) is 0 Å². The summed E-state index contributed by atoms with van der Waals surface area (Å²) in [6, 6.07) is 19.1. The number of methoxy groups -OCH3 is 1. The average molecular weight is 541 g/mol. The Balaban J connectivity index is 1.57. The quantitative estimate of drug-likeness (QED) is 0.279. The molecule has 9 nitrogen and oxygen atoms in total. The summed E-state index contributed by atoms with van der Waals surface area (Å²) in [6.07, 6.45) is -2.02. The summed E-state index contributed by atoms with van der Waals surface area (Å²) in [5.41, 5.74) is 1.11. The van der Waals surface area contributed by atoms with Gasteiger partial charge in [0.05, 0.1) is 24.5 Å². The van der Waals surface area contributed by atoms with Gasteiger partial charge in [0.1, 0.15) is 58.0 Å². The van der Waals surface area contributed by atoms with E-state index in [1.807, 2.05) is 0 Å². The second-order valence-electron chi connectivity index (χ2n) is 9.74. The maximum absolute atomic E-state index is 14.3. The Morgan fingerprint density at radius 2 is 1.15 bits per heavy atom. The van der Waals surface area contributed by atoms with Crippen LogP contribution >= 0.6 is 0 Å². The third kappa shape index (κ3) is 4.12. The molecule has 2 aliphatic heterocycles. The predicted octanol–water partition coefficient (Wildman–Crippen LogP) is 5.08. The van der Waals surface area contributed by atoms with E-state index < -0.39 is 35.6 Å². The molecular formula is C31H24O9. The molecule has 9 heteroatoms. The Bertz CT molecular complexity index is 1630. The summed E-state index contributed by atoms with van der Waals surface area (Å²) in [6.45, 7) is 0. The number of rotatable bonds is 4. The number of ketones is 2. The van der Waals surface area contributed by atoms with Crippen molar-refractivity contribution in [3.8, 4) is 40.2 Å². The van der Waals surface area contributed by atoms with Crippen LogP contribution in [0.15, 0.2) is 78.9 Å². The molecule has 2 aliphatic rings. The van der Waals surface area contributed by atoms with Crippen LogP contribution < -0.4 is 14.2 Å². The minimum absolute atomic E-state index is 0.00678. The fourth-order valence-corrected chi connectivity index (χ4v) is 5.47. The van der Waals surface area contributed by atoms with Crippen LogP contribution in [0.4, 0.5) is 0 Å². The highest BCUT2D eigenvalue weighted by Crippen LogP contribution is 2.52. The lowest BCUT2D eigenvalue weighted by molar-refractivity contribution is 0.0132. The topological polar surface area (TPSA) is 143 Å². The molecule has 0 bridgehead atoms. The predicted molar refractivity (Wildman–Crippen MR) is 141 cm³/mol. The molecule has 4 aromatic carbocycles. The standard InChI is InChI=1S/C31H24O9/c1-38-20-13-22(35)25-24(14-20)40-31(16-4-8-18(33)9-5-16)27(29(25)37)26-28(36)21-11-10-19(34)12-23(21)39-30(26)15-2-6-17(32)7-3-15/h2-14,26-27,30-35H,1H3/t26-,27-,30+,31+/m1/s1. The van der Waals surface area contributed by atoms with E-state index in [4.69, 9.17) is 14.2 Å². The number of phenols is 4. The van der Waals surface area contributed by atoms with Crippen LogP contribution in [0, 0.1) is 11.8 Å². The van der Waals surface area contributed by atoms with Crippen LogP contribution in [-0.4, -0.2) is 39.1 Å². The Morgan fingerprint density at radius 3 is 1.73 bits per heavy atom. The first kappa shape index (κ1) is 25.1. The van der Waals surface area contributed by atoms with E-state index in [9.17, 15) is 30.0 Å². The summed E-state index contributed by atoms with van der Waals surface area (Å²) in [7, 11) is 1.42. The van der Waals surface area contributed by atoms with Gasteiger partial charge >= 0.3 is 0 Å². The lowest BCUT2D eigenvalue weighted by Gasteiger charge is -2.42. The molecule has 4 aromatic rings. The zero-order chi connectivity index (χ0) is 28.1. The third-order valence-corrected chi connectivity index (χ3v) is 7.36. The molecule has 0 fully saturated rings. The molecule has 0 amide bonds. The highest BCUT2D eigenvalue weighted by atomic mass is 16.5. The van der Waals surface area contributed by atoms with Gasteiger partial charge in [-0.1, -0.05) is 24.3 Å². The van der Waals surface area contributed by atoms with Crippen LogP contribution in [0.25, 0.3) is 0 Å². The number of carbonyl (C=O) groups is 2. The summed E-state index contributed by atoms with van der Waals surface area (Å²) >= 11 is 0. The Morgan fingerprint density at radius 1 is 0.625 bits per heavy atom. The number of benzene rings is 4. The molecule has 0 spiro atoms.